The van der Waals surface area contributed by atoms with Gasteiger partial charge < -0.3 is 5.32 Å². The molecule has 102 valence electrons. The van der Waals surface area contributed by atoms with Crippen molar-refractivity contribution in [3.05, 3.63) is 47.0 Å². The van der Waals surface area contributed by atoms with Crippen molar-refractivity contribution in [2.24, 2.45) is 0 Å². The molecule has 0 aromatic heterocycles. The first kappa shape index (κ1) is 14.4. The molecule has 0 heterocycles. The molecular weight excluding hydrogens is 254 g/mol. The average molecular weight is 276 g/mol. The molecule has 1 N–H and O–H groups in total. The molecule has 0 amide bonds. The maximum absolute atomic E-state index is 6.24. The van der Waals surface area contributed by atoms with Gasteiger partial charge in [-0.3, -0.25) is 0 Å². The van der Waals surface area contributed by atoms with Crippen LogP contribution in [0.3, 0.4) is 0 Å². The molecule has 0 saturated heterocycles. The summed E-state index contributed by atoms with van der Waals surface area (Å²) in [4.78, 5) is 0. The van der Waals surface area contributed by atoms with Crippen LogP contribution in [0.5, 0.6) is 0 Å². The molecule has 2 heteroatoms. The van der Waals surface area contributed by atoms with Crippen molar-refractivity contribution in [1.29, 1.82) is 0 Å². The van der Waals surface area contributed by atoms with E-state index in [0.717, 1.165) is 18.0 Å². The highest BCUT2D eigenvalue weighted by molar-refractivity contribution is 6.35. The summed E-state index contributed by atoms with van der Waals surface area (Å²) in [6.07, 6.45) is 3.55. The summed E-state index contributed by atoms with van der Waals surface area (Å²) in [6.45, 7) is 5.47. The minimum atomic E-state index is 0.580. The molecule has 0 atom stereocenters. The molecule has 0 bridgehead atoms. The largest absolute Gasteiger partial charge is 0.315 e. The molecule has 0 aliphatic rings. The minimum absolute atomic E-state index is 0.580. The van der Waals surface area contributed by atoms with Gasteiger partial charge in [0.25, 0.3) is 0 Å². The maximum atomic E-state index is 6.24. The second kappa shape index (κ2) is 6.93. The van der Waals surface area contributed by atoms with E-state index in [4.69, 9.17) is 11.6 Å². The quantitative estimate of drug-likeness (QED) is 0.746. The molecule has 0 aliphatic heterocycles. The number of hydrogen-bond acceptors (Lipinski definition) is 1. The van der Waals surface area contributed by atoms with Gasteiger partial charge in [-0.2, -0.15) is 0 Å². The van der Waals surface area contributed by atoms with Crippen molar-refractivity contribution in [3.63, 3.8) is 0 Å². The van der Waals surface area contributed by atoms with Crippen LogP contribution < -0.4 is 5.32 Å². The van der Waals surface area contributed by atoms with Gasteiger partial charge in [0.1, 0.15) is 0 Å². The van der Waals surface area contributed by atoms with Crippen molar-refractivity contribution in [2.45, 2.75) is 39.2 Å². The molecule has 0 saturated carbocycles. The molecule has 2 rings (SSSR count). The van der Waals surface area contributed by atoms with E-state index in [-0.39, 0.29) is 0 Å². The lowest BCUT2D eigenvalue weighted by molar-refractivity contribution is 0.558. The molecular formula is C17H22ClN. The number of fused-ring (bicyclic) bond motifs is 1. The number of hydrogen-bond donors (Lipinski definition) is 1. The monoisotopic (exact) mass is 275 g/mol. The van der Waals surface area contributed by atoms with Crippen LogP contribution in [-0.4, -0.2) is 12.6 Å². The highest BCUT2D eigenvalue weighted by atomic mass is 35.5. The molecule has 19 heavy (non-hydrogen) atoms. The zero-order valence-electron chi connectivity index (χ0n) is 11.7. The topological polar surface area (TPSA) is 12.0 Å². The van der Waals surface area contributed by atoms with Gasteiger partial charge in [0.15, 0.2) is 0 Å². The van der Waals surface area contributed by atoms with Crippen LogP contribution >= 0.6 is 11.6 Å². The standard InChI is InChI=1S/C17H22ClN/c1-13(2)19-12-6-5-7-14-10-11-17(18)16-9-4-3-8-15(14)16/h3-4,8-11,13,19H,5-7,12H2,1-2H3. The Bertz CT molecular complexity index is 534. The number of benzene rings is 2. The van der Waals surface area contributed by atoms with Crippen LogP contribution in [0.1, 0.15) is 32.3 Å². The van der Waals surface area contributed by atoms with E-state index in [0.29, 0.717) is 6.04 Å². The van der Waals surface area contributed by atoms with Gasteiger partial charge in [-0.05, 0) is 42.8 Å². The number of nitrogens with one attached hydrogen (secondary N) is 1. The minimum Gasteiger partial charge on any atom is -0.315 e. The van der Waals surface area contributed by atoms with Gasteiger partial charge in [0, 0.05) is 16.5 Å². The van der Waals surface area contributed by atoms with E-state index in [1.807, 2.05) is 12.1 Å². The molecule has 0 aliphatic carbocycles. The van der Waals surface area contributed by atoms with Crippen molar-refractivity contribution >= 4 is 22.4 Å². The van der Waals surface area contributed by atoms with Crippen LogP contribution in [-0.2, 0) is 6.42 Å². The number of aryl methyl sites for hydroxylation is 1. The number of rotatable bonds is 6. The fourth-order valence-electron chi connectivity index (χ4n) is 2.37. The highest BCUT2D eigenvalue weighted by Gasteiger charge is 2.04. The van der Waals surface area contributed by atoms with E-state index in [1.54, 1.807) is 0 Å². The second-order valence-corrected chi connectivity index (χ2v) is 5.73. The first-order valence-corrected chi connectivity index (χ1v) is 7.46. The van der Waals surface area contributed by atoms with Crippen LogP contribution in [0.15, 0.2) is 36.4 Å². The summed E-state index contributed by atoms with van der Waals surface area (Å²) in [6, 6.07) is 13.2. The summed E-state index contributed by atoms with van der Waals surface area (Å²) >= 11 is 6.24. The highest BCUT2D eigenvalue weighted by Crippen LogP contribution is 2.27. The zero-order valence-corrected chi connectivity index (χ0v) is 12.5. The van der Waals surface area contributed by atoms with Gasteiger partial charge in [-0.25, -0.2) is 0 Å². The lowest BCUT2D eigenvalue weighted by atomic mass is 10.00. The summed E-state index contributed by atoms with van der Waals surface area (Å²) in [5.41, 5.74) is 1.41. The molecule has 2 aromatic carbocycles. The van der Waals surface area contributed by atoms with E-state index in [2.05, 4.69) is 43.4 Å². The van der Waals surface area contributed by atoms with Gasteiger partial charge in [0.05, 0.1) is 0 Å². The Morgan fingerprint density at radius 1 is 1.00 bits per heavy atom. The Balaban J connectivity index is 1.99. The molecule has 0 spiro atoms. The van der Waals surface area contributed by atoms with E-state index < -0.39 is 0 Å². The van der Waals surface area contributed by atoms with E-state index in [1.165, 1.54) is 29.2 Å². The predicted molar refractivity (Wildman–Crippen MR) is 85.0 cm³/mol. The summed E-state index contributed by atoms with van der Waals surface area (Å²) < 4.78 is 0. The third-order valence-electron chi connectivity index (χ3n) is 3.39. The van der Waals surface area contributed by atoms with Gasteiger partial charge >= 0.3 is 0 Å². The normalized spacial score (nSPS) is 11.4. The predicted octanol–water partition coefficient (Wildman–Crippen LogP) is 4.81. The Morgan fingerprint density at radius 3 is 2.47 bits per heavy atom. The van der Waals surface area contributed by atoms with Crippen LogP contribution in [0.4, 0.5) is 0 Å². The SMILES string of the molecule is CC(C)NCCCCc1ccc(Cl)c2ccccc12. The molecule has 0 unspecified atom stereocenters. The van der Waals surface area contributed by atoms with Gasteiger partial charge in [-0.1, -0.05) is 55.8 Å². The van der Waals surface area contributed by atoms with Crippen molar-refractivity contribution in [2.75, 3.05) is 6.54 Å². The zero-order chi connectivity index (χ0) is 13.7. The number of halogens is 1. The van der Waals surface area contributed by atoms with E-state index >= 15 is 0 Å². The lowest BCUT2D eigenvalue weighted by Crippen LogP contribution is -2.23. The summed E-state index contributed by atoms with van der Waals surface area (Å²) in [5.74, 6) is 0. The van der Waals surface area contributed by atoms with E-state index in [9.17, 15) is 0 Å². The third kappa shape index (κ3) is 3.95. The van der Waals surface area contributed by atoms with Gasteiger partial charge in [-0.15, -0.1) is 0 Å². The lowest BCUT2D eigenvalue weighted by Gasteiger charge is -2.10. The first-order chi connectivity index (χ1) is 9.18. The maximum Gasteiger partial charge on any atom is 0.0484 e. The summed E-state index contributed by atoms with van der Waals surface area (Å²) in [5, 5.41) is 6.77. The molecule has 2 aromatic rings. The Morgan fingerprint density at radius 2 is 1.74 bits per heavy atom. The fourth-order valence-corrected chi connectivity index (χ4v) is 2.60. The van der Waals surface area contributed by atoms with Crippen molar-refractivity contribution in [1.82, 2.24) is 5.32 Å². The molecule has 0 fully saturated rings. The molecule has 0 radical (unpaired) electrons. The Hall–Kier alpha value is -1.05. The smallest absolute Gasteiger partial charge is 0.0484 e. The fraction of sp³-hybridized carbons (Fsp3) is 0.412. The first-order valence-electron chi connectivity index (χ1n) is 7.08. The average Bonchev–Trinajstić information content (AvgIpc) is 2.41. The van der Waals surface area contributed by atoms with Crippen molar-refractivity contribution < 1.29 is 0 Å². The second-order valence-electron chi connectivity index (χ2n) is 5.32. The van der Waals surface area contributed by atoms with Crippen LogP contribution in [0.2, 0.25) is 5.02 Å². The van der Waals surface area contributed by atoms with Gasteiger partial charge in [0.2, 0.25) is 0 Å². The third-order valence-corrected chi connectivity index (χ3v) is 3.72. The Kier molecular flexibility index (Phi) is 5.24. The summed E-state index contributed by atoms with van der Waals surface area (Å²) in [7, 11) is 0. The Labute approximate surface area is 121 Å². The van der Waals surface area contributed by atoms with Crippen LogP contribution in [0.25, 0.3) is 10.8 Å². The molecule has 1 nitrogen and oxygen atoms in total. The van der Waals surface area contributed by atoms with Crippen LogP contribution in [0, 0.1) is 0 Å². The number of unbranched alkanes of at least 4 members (excludes halogenated alkanes) is 1. The van der Waals surface area contributed by atoms with Crippen molar-refractivity contribution in [3.8, 4) is 0 Å².